The van der Waals surface area contributed by atoms with Crippen LogP contribution in [0.5, 0.6) is 5.75 Å². The van der Waals surface area contributed by atoms with E-state index in [0.717, 1.165) is 41.7 Å². The third kappa shape index (κ3) is 2.80. The molecule has 1 aliphatic rings. The summed E-state index contributed by atoms with van der Waals surface area (Å²) in [5, 5.41) is 7.95. The summed E-state index contributed by atoms with van der Waals surface area (Å²) in [7, 11) is 1.65. The Balaban J connectivity index is 1.71. The van der Waals surface area contributed by atoms with Crippen molar-refractivity contribution in [3.63, 3.8) is 0 Å². The highest BCUT2D eigenvalue weighted by atomic mass is 16.5. The van der Waals surface area contributed by atoms with Crippen LogP contribution in [-0.2, 0) is 0 Å². The van der Waals surface area contributed by atoms with E-state index in [1.54, 1.807) is 13.3 Å². The van der Waals surface area contributed by atoms with Crippen molar-refractivity contribution in [1.29, 1.82) is 0 Å². The van der Waals surface area contributed by atoms with E-state index in [-0.39, 0.29) is 0 Å². The first kappa shape index (κ1) is 15.0. The normalized spacial score (nSPS) is 17.8. The van der Waals surface area contributed by atoms with Gasteiger partial charge in [-0.15, -0.1) is 0 Å². The van der Waals surface area contributed by atoms with Crippen LogP contribution in [0.25, 0.3) is 22.2 Å². The first-order chi connectivity index (χ1) is 11.8. The van der Waals surface area contributed by atoms with E-state index in [0.29, 0.717) is 17.7 Å². The van der Waals surface area contributed by atoms with Gasteiger partial charge in [-0.1, -0.05) is 18.2 Å². The lowest BCUT2D eigenvalue weighted by Gasteiger charge is -2.24. The summed E-state index contributed by atoms with van der Waals surface area (Å²) in [6, 6.07) is 8.55. The highest BCUT2D eigenvalue weighted by molar-refractivity contribution is 5.95. The number of hydrogen-bond acceptors (Lipinski definition) is 5. The van der Waals surface area contributed by atoms with Gasteiger partial charge in [0.05, 0.1) is 13.3 Å². The summed E-state index contributed by atoms with van der Waals surface area (Å²) < 4.78 is 5.48. The summed E-state index contributed by atoms with van der Waals surface area (Å²) in [4.78, 5) is 12.4. The Morgan fingerprint density at radius 2 is 2.21 bits per heavy atom. The molecule has 1 fully saturated rings. The van der Waals surface area contributed by atoms with E-state index < -0.39 is 0 Å². The van der Waals surface area contributed by atoms with Crippen molar-refractivity contribution in [3.8, 4) is 17.0 Å². The van der Waals surface area contributed by atoms with E-state index in [2.05, 4.69) is 32.7 Å². The smallest absolute Gasteiger partial charge is 0.223 e. The van der Waals surface area contributed by atoms with Gasteiger partial charge in [0.1, 0.15) is 5.69 Å². The summed E-state index contributed by atoms with van der Waals surface area (Å²) in [5.41, 5.74) is 2.91. The van der Waals surface area contributed by atoms with Crippen LogP contribution in [0, 0.1) is 0 Å². The molecule has 1 aliphatic heterocycles. The number of para-hydroxylation sites is 1. The minimum Gasteiger partial charge on any atom is -0.493 e. The maximum atomic E-state index is 5.48. The second-order valence-electron chi connectivity index (χ2n) is 6.05. The predicted molar refractivity (Wildman–Crippen MR) is 95.4 cm³/mol. The van der Waals surface area contributed by atoms with E-state index >= 15 is 0 Å². The SMILES string of the molecule is COc1cnc(N[C@H]2CCCNC2)nc1-c1c[nH]c2ccccc12. The lowest BCUT2D eigenvalue weighted by molar-refractivity contribution is 0.412. The number of nitrogens with one attached hydrogen (secondary N) is 3. The van der Waals surface area contributed by atoms with E-state index in [9.17, 15) is 0 Å². The average Bonchev–Trinajstić information content (AvgIpc) is 3.06. The molecule has 1 atom stereocenters. The van der Waals surface area contributed by atoms with Crippen LogP contribution in [0.1, 0.15) is 12.8 Å². The maximum absolute atomic E-state index is 5.48. The number of nitrogens with zero attached hydrogens (tertiary/aromatic N) is 2. The molecule has 3 N–H and O–H groups in total. The van der Waals surface area contributed by atoms with Crippen LogP contribution in [0.15, 0.2) is 36.7 Å². The Kier molecular flexibility index (Phi) is 4.04. The Hall–Kier alpha value is -2.60. The molecule has 0 spiro atoms. The van der Waals surface area contributed by atoms with E-state index in [4.69, 9.17) is 9.72 Å². The van der Waals surface area contributed by atoms with Gasteiger partial charge in [0.15, 0.2) is 5.75 Å². The first-order valence-electron chi connectivity index (χ1n) is 8.30. The van der Waals surface area contributed by atoms with E-state index in [1.807, 2.05) is 18.3 Å². The van der Waals surface area contributed by atoms with Gasteiger partial charge in [-0.3, -0.25) is 0 Å². The number of hydrogen-bond donors (Lipinski definition) is 3. The van der Waals surface area contributed by atoms with Crippen LogP contribution in [0.4, 0.5) is 5.95 Å². The summed E-state index contributed by atoms with van der Waals surface area (Å²) in [5.74, 6) is 1.32. The largest absolute Gasteiger partial charge is 0.493 e. The number of H-pyrrole nitrogens is 1. The zero-order chi connectivity index (χ0) is 16.4. The predicted octanol–water partition coefficient (Wildman–Crippen LogP) is 2.80. The molecule has 1 saturated heterocycles. The van der Waals surface area contributed by atoms with Crippen LogP contribution in [0.2, 0.25) is 0 Å². The topological polar surface area (TPSA) is 74.9 Å². The molecule has 0 unspecified atom stereocenters. The van der Waals surface area contributed by atoms with Gasteiger partial charge in [-0.2, -0.15) is 0 Å². The fraction of sp³-hybridized carbons (Fsp3) is 0.333. The van der Waals surface area contributed by atoms with Crippen LogP contribution < -0.4 is 15.4 Å². The molecule has 0 aliphatic carbocycles. The van der Waals surface area contributed by atoms with Gasteiger partial charge in [-0.25, -0.2) is 9.97 Å². The second-order valence-corrected chi connectivity index (χ2v) is 6.05. The van der Waals surface area contributed by atoms with E-state index in [1.165, 1.54) is 6.42 Å². The Labute approximate surface area is 140 Å². The number of rotatable bonds is 4. The molecule has 2 aromatic heterocycles. The van der Waals surface area contributed by atoms with Gasteiger partial charge < -0.3 is 20.4 Å². The number of anilines is 1. The van der Waals surface area contributed by atoms with Crippen LogP contribution in [0.3, 0.4) is 0 Å². The molecule has 6 nitrogen and oxygen atoms in total. The lowest BCUT2D eigenvalue weighted by atomic mass is 10.1. The summed E-state index contributed by atoms with van der Waals surface area (Å²) in [6.45, 7) is 2.03. The molecule has 0 bridgehead atoms. The van der Waals surface area contributed by atoms with Gasteiger partial charge in [0.2, 0.25) is 5.95 Å². The number of aromatic nitrogens is 3. The molecule has 6 heteroatoms. The molecule has 4 rings (SSSR count). The lowest BCUT2D eigenvalue weighted by Crippen LogP contribution is -2.38. The molecule has 0 saturated carbocycles. The Bertz CT molecular complexity index is 838. The quantitative estimate of drug-likeness (QED) is 0.688. The number of ether oxygens (including phenoxy) is 1. The minimum absolute atomic E-state index is 0.364. The zero-order valence-corrected chi connectivity index (χ0v) is 13.7. The molecule has 24 heavy (non-hydrogen) atoms. The highest BCUT2D eigenvalue weighted by Gasteiger charge is 2.17. The summed E-state index contributed by atoms with van der Waals surface area (Å²) >= 11 is 0. The minimum atomic E-state index is 0.364. The van der Waals surface area contributed by atoms with Crippen LogP contribution in [-0.4, -0.2) is 41.2 Å². The first-order valence-corrected chi connectivity index (χ1v) is 8.30. The van der Waals surface area contributed by atoms with Gasteiger partial charge in [-0.05, 0) is 25.5 Å². The number of aromatic amines is 1. The number of fused-ring (bicyclic) bond motifs is 1. The molecule has 0 radical (unpaired) electrons. The average molecular weight is 323 g/mol. The zero-order valence-electron chi connectivity index (χ0n) is 13.7. The molecule has 0 amide bonds. The standard InChI is InChI=1S/C18H21N5O/c1-24-16-11-21-18(22-12-5-4-8-19-9-12)23-17(16)14-10-20-15-7-3-2-6-13(14)15/h2-3,6-7,10-12,19-20H,4-5,8-9H2,1H3,(H,21,22,23)/t12-/m0/s1. The number of methoxy groups -OCH3 is 1. The third-order valence-corrected chi connectivity index (χ3v) is 4.45. The van der Waals surface area contributed by atoms with Crippen molar-refractivity contribution in [2.75, 3.05) is 25.5 Å². The van der Waals surface area contributed by atoms with Gasteiger partial charge in [0, 0.05) is 35.2 Å². The van der Waals surface area contributed by atoms with Gasteiger partial charge >= 0.3 is 0 Å². The third-order valence-electron chi connectivity index (χ3n) is 4.45. The fourth-order valence-corrected chi connectivity index (χ4v) is 3.21. The number of benzene rings is 1. The highest BCUT2D eigenvalue weighted by Crippen LogP contribution is 2.33. The van der Waals surface area contributed by atoms with Crippen molar-refractivity contribution in [3.05, 3.63) is 36.7 Å². The maximum Gasteiger partial charge on any atom is 0.223 e. The molecule has 1 aromatic carbocycles. The number of piperidine rings is 1. The van der Waals surface area contributed by atoms with Crippen molar-refractivity contribution in [1.82, 2.24) is 20.3 Å². The monoisotopic (exact) mass is 323 g/mol. The molecular formula is C18H21N5O. The van der Waals surface area contributed by atoms with Crippen molar-refractivity contribution < 1.29 is 4.74 Å². The molecule has 3 aromatic rings. The van der Waals surface area contributed by atoms with Crippen molar-refractivity contribution >= 4 is 16.9 Å². The van der Waals surface area contributed by atoms with Crippen molar-refractivity contribution in [2.24, 2.45) is 0 Å². The molecule has 124 valence electrons. The van der Waals surface area contributed by atoms with Crippen molar-refractivity contribution in [2.45, 2.75) is 18.9 Å². The molecule has 3 heterocycles. The fourth-order valence-electron chi connectivity index (χ4n) is 3.21. The van der Waals surface area contributed by atoms with Crippen LogP contribution >= 0.6 is 0 Å². The Morgan fingerprint density at radius 1 is 1.29 bits per heavy atom. The second kappa shape index (κ2) is 6.49. The molecular weight excluding hydrogens is 302 g/mol. The van der Waals surface area contributed by atoms with Gasteiger partial charge in [0.25, 0.3) is 0 Å². The summed E-state index contributed by atoms with van der Waals surface area (Å²) in [6.07, 6.45) is 6.01. The Morgan fingerprint density at radius 3 is 3.04 bits per heavy atom.